The number of ether oxygens (including phenoxy) is 2. The molecule has 2 bridgehead atoms. The number of carbonyl (C=O) groups is 1. The first-order chi connectivity index (χ1) is 14.8. The Labute approximate surface area is 179 Å². The lowest BCUT2D eigenvalue weighted by Gasteiger charge is -2.26. The van der Waals surface area contributed by atoms with Crippen molar-refractivity contribution in [3.8, 4) is 5.75 Å². The molecule has 0 radical (unpaired) electrons. The number of fused-ring (bicyclic) bond motifs is 1. The molecule has 2 aliphatic carbocycles. The number of hydrogen-bond donors (Lipinski definition) is 0. The van der Waals surface area contributed by atoms with Crippen LogP contribution in [0.1, 0.15) is 12.8 Å². The van der Waals surface area contributed by atoms with E-state index in [9.17, 15) is 4.79 Å². The molecular formula is C26H23O3S+. The average molecular weight is 416 g/mol. The van der Waals surface area contributed by atoms with Crippen LogP contribution in [-0.4, -0.2) is 18.2 Å². The maximum absolute atomic E-state index is 12.0. The van der Waals surface area contributed by atoms with Gasteiger partial charge < -0.3 is 9.47 Å². The summed E-state index contributed by atoms with van der Waals surface area (Å²) in [6, 6.07) is 29.8. The van der Waals surface area contributed by atoms with E-state index in [2.05, 4.69) is 84.9 Å². The number of benzene rings is 3. The molecule has 0 amide bonds. The van der Waals surface area contributed by atoms with Gasteiger partial charge in [-0.25, -0.2) is 0 Å². The summed E-state index contributed by atoms with van der Waals surface area (Å²) in [5.41, 5.74) is 0. The van der Waals surface area contributed by atoms with Gasteiger partial charge in [0.25, 0.3) is 0 Å². The molecule has 1 aliphatic heterocycles. The van der Waals surface area contributed by atoms with Gasteiger partial charge in [-0.3, -0.25) is 4.79 Å². The van der Waals surface area contributed by atoms with Crippen molar-refractivity contribution < 1.29 is 14.3 Å². The zero-order valence-electron chi connectivity index (χ0n) is 16.5. The lowest BCUT2D eigenvalue weighted by atomic mass is 9.88. The van der Waals surface area contributed by atoms with Gasteiger partial charge in [0.15, 0.2) is 14.7 Å². The molecule has 150 valence electrons. The van der Waals surface area contributed by atoms with Gasteiger partial charge in [0.1, 0.15) is 18.0 Å². The Hall–Kier alpha value is -2.72. The van der Waals surface area contributed by atoms with E-state index in [-0.39, 0.29) is 35.0 Å². The molecule has 0 spiro atoms. The second kappa shape index (κ2) is 7.21. The first-order valence-electron chi connectivity index (χ1n) is 10.6. The van der Waals surface area contributed by atoms with E-state index in [1.807, 2.05) is 0 Å². The van der Waals surface area contributed by atoms with Gasteiger partial charge in [-0.1, -0.05) is 36.4 Å². The largest absolute Gasteiger partial charge is 0.486 e. The smallest absolute Gasteiger partial charge is 0.309 e. The van der Waals surface area contributed by atoms with Gasteiger partial charge in [0, 0.05) is 11.8 Å². The molecule has 3 nitrogen and oxygen atoms in total. The van der Waals surface area contributed by atoms with Crippen molar-refractivity contribution in [3.05, 3.63) is 84.9 Å². The van der Waals surface area contributed by atoms with E-state index >= 15 is 0 Å². The predicted molar refractivity (Wildman–Crippen MR) is 115 cm³/mol. The summed E-state index contributed by atoms with van der Waals surface area (Å²) < 4.78 is 12.0. The molecule has 1 heterocycles. The molecule has 3 fully saturated rings. The molecule has 3 aromatic carbocycles. The molecule has 3 aromatic rings. The first kappa shape index (κ1) is 18.1. The highest BCUT2D eigenvalue weighted by Crippen LogP contribution is 2.55. The van der Waals surface area contributed by atoms with Gasteiger partial charge >= 0.3 is 5.97 Å². The molecule has 4 heteroatoms. The normalized spacial score (nSPS) is 28.7. The fraction of sp³-hybridized carbons (Fsp3) is 0.269. The average Bonchev–Trinajstić information content (AvgIpc) is 3.42. The van der Waals surface area contributed by atoms with Crippen LogP contribution in [-0.2, 0) is 20.4 Å². The third-order valence-electron chi connectivity index (χ3n) is 6.70. The van der Waals surface area contributed by atoms with Crippen molar-refractivity contribution in [2.45, 2.75) is 39.7 Å². The summed E-state index contributed by atoms with van der Waals surface area (Å²) in [5, 5.41) is 0. The number of carbonyl (C=O) groups excluding carboxylic acids is 1. The van der Waals surface area contributed by atoms with Gasteiger partial charge in [-0.2, -0.15) is 0 Å². The zero-order valence-corrected chi connectivity index (χ0v) is 17.3. The Morgan fingerprint density at radius 3 is 2.00 bits per heavy atom. The molecule has 30 heavy (non-hydrogen) atoms. The maximum Gasteiger partial charge on any atom is 0.309 e. The van der Waals surface area contributed by atoms with Gasteiger partial charge in [0.05, 0.1) is 16.8 Å². The Bertz CT molecular complexity index is 1010. The van der Waals surface area contributed by atoms with E-state index < -0.39 is 0 Å². The molecule has 0 N–H and O–H groups in total. The molecular weight excluding hydrogens is 392 g/mol. The van der Waals surface area contributed by atoms with Crippen molar-refractivity contribution in [1.29, 1.82) is 0 Å². The molecule has 1 saturated heterocycles. The lowest BCUT2D eigenvalue weighted by molar-refractivity contribution is -0.145. The van der Waals surface area contributed by atoms with Gasteiger partial charge in [-0.05, 0) is 61.4 Å². The Morgan fingerprint density at radius 1 is 0.767 bits per heavy atom. The second-order valence-corrected chi connectivity index (χ2v) is 10.4. The van der Waals surface area contributed by atoms with Crippen LogP contribution in [0.5, 0.6) is 5.75 Å². The molecule has 0 aromatic heterocycles. The van der Waals surface area contributed by atoms with Gasteiger partial charge in [-0.15, -0.1) is 0 Å². The fourth-order valence-corrected chi connectivity index (χ4v) is 7.48. The third kappa shape index (κ3) is 2.93. The van der Waals surface area contributed by atoms with Crippen molar-refractivity contribution in [3.63, 3.8) is 0 Å². The van der Waals surface area contributed by atoms with E-state index in [4.69, 9.17) is 9.47 Å². The van der Waals surface area contributed by atoms with Crippen LogP contribution < -0.4 is 4.74 Å². The van der Waals surface area contributed by atoms with Crippen molar-refractivity contribution >= 4 is 16.9 Å². The fourth-order valence-electron chi connectivity index (χ4n) is 5.40. The van der Waals surface area contributed by atoms with E-state index in [0.29, 0.717) is 11.8 Å². The van der Waals surface area contributed by atoms with Gasteiger partial charge in [0.2, 0.25) is 0 Å². The predicted octanol–water partition coefficient (Wildman–Crippen LogP) is 5.11. The summed E-state index contributed by atoms with van der Waals surface area (Å²) >= 11 is 0. The monoisotopic (exact) mass is 415 g/mol. The number of hydrogen-bond acceptors (Lipinski definition) is 3. The number of rotatable bonds is 5. The Kier molecular flexibility index (Phi) is 4.34. The van der Waals surface area contributed by atoms with Crippen LogP contribution in [0.4, 0.5) is 0 Å². The minimum Gasteiger partial charge on any atom is -0.486 e. The van der Waals surface area contributed by atoms with Crippen molar-refractivity contribution in [1.82, 2.24) is 0 Å². The Balaban J connectivity index is 1.27. The number of esters is 1. The standard InChI is InChI=1S/C26H23O3S/c27-26-23-16-17-15-22(23)25(29-26)24(17)28-18-11-13-21(14-12-18)30(19-7-3-1-4-8-19)20-9-5-2-6-10-20/h1-14,17,22-25H,15-16H2/q+1. The van der Waals surface area contributed by atoms with Crippen molar-refractivity contribution in [2.24, 2.45) is 17.8 Å². The lowest BCUT2D eigenvalue weighted by Crippen LogP contribution is -2.36. The van der Waals surface area contributed by atoms with Crippen LogP contribution in [0.15, 0.2) is 99.6 Å². The summed E-state index contributed by atoms with van der Waals surface area (Å²) in [6.07, 6.45) is 1.94. The summed E-state index contributed by atoms with van der Waals surface area (Å²) in [6.45, 7) is 0. The quantitative estimate of drug-likeness (QED) is 0.429. The highest BCUT2D eigenvalue weighted by Gasteiger charge is 2.62. The maximum atomic E-state index is 12.0. The van der Waals surface area contributed by atoms with Crippen LogP contribution in [0.25, 0.3) is 0 Å². The topological polar surface area (TPSA) is 35.5 Å². The minimum atomic E-state index is -0.160. The van der Waals surface area contributed by atoms with E-state index in [0.717, 1.165) is 18.6 Å². The first-order valence-corrected chi connectivity index (χ1v) is 11.8. The van der Waals surface area contributed by atoms with E-state index in [1.54, 1.807) is 0 Å². The Morgan fingerprint density at radius 2 is 1.37 bits per heavy atom. The highest BCUT2D eigenvalue weighted by atomic mass is 32.2. The molecule has 5 atom stereocenters. The molecule has 6 rings (SSSR count). The van der Waals surface area contributed by atoms with Crippen LogP contribution in [0.3, 0.4) is 0 Å². The highest BCUT2D eigenvalue weighted by molar-refractivity contribution is 7.97. The summed E-state index contributed by atoms with van der Waals surface area (Å²) in [5.74, 6) is 1.79. The molecule has 3 aliphatic rings. The summed E-state index contributed by atoms with van der Waals surface area (Å²) in [4.78, 5) is 15.9. The third-order valence-corrected chi connectivity index (χ3v) is 8.93. The zero-order chi connectivity index (χ0) is 20.1. The SMILES string of the molecule is O=C1OC2C3CC(CC13)C2Oc1ccc([S+](c2ccccc2)c2ccccc2)cc1. The van der Waals surface area contributed by atoms with Crippen LogP contribution in [0, 0.1) is 17.8 Å². The van der Waals surface area contributed by atoms with Crippen molar-refractivity contribution in [2.75, 3.05) is 0 Å². The molecule has 5 unspecified atom stereocenters. The second-order valence-electron chi connectivity index (χ2n) is 8.39. The van der Waals surface area contributed by atoms with E-state index in [1.165, 1.54) is 14.7 Å². The van der Waals surface area contributed by atoms with Crippen LogP contribution >= 0.6 is 0 Å². The molecule has 2 saturated carbocycles. The van der Waals surface area contributed by atoms with Crippen LogP contribution in [0.2, 0.25) is 0 Å². The minimum absolute atomic E-state index is 0.00467. The summed E-state index contributed by atoms with van der Waals surface area (Å²) in [7, 11) is -0.160.